The van der Waals surface area contributed by atoms with E-state index in [1.807, 2.05) is 24.0 Å². The van der Waals surface area contributed by atoms with Crippen molar-refractivity contribution in [3.05, 3.63) is 28.5 Å². The zero-order chi connectivity index (χ0) is 8.39. The van der Waals surface area contributed by atoms with Crippen LogP contribution in [0.25, 0.3) is 0 Å². The molecule has 0 saturated carbocycles. The Bertz CT molecular complexity index is 256. The van der Waals surface area contributed by atoms with Crippen LogP contribution in [0.2, 0.25) is 0 Å². The van der Waals surface area contributed by atoms with E-state index in [0.29, 0.717) is 5.25 Å². The Kier molecular flexibility index (Phi) is 2.68. The van der Waals surface area contributed by atoms with E-state index in [1.54, 1.807) is 0 Å². The lowest BCUT2D eigenvalue weighted by molar-refractivity contribution is 0.804. The summed E-state index contributed by atoms with van der Waals surface area (Å²) >= 11 is 5.26. The number of hydrogen-bond acceptors (Lipinski definition) is 3. The number of nitrogens with one attached hydrogen (secondary N) is 1. The predicted octanol–water partition coefficient (Wildman–Crippen LogP) is 2.18. The molecule has 2 rings (SSSR count). The van der Waals surface area contributed by atoms with E-state index in [-0.39, 0.29) is 0 Å². The lowest BCUT2D eigenvalue weighted by Crippen LogP contribution is -2.07. The SMILES string of the molecule is Brc1ccc(C2CNCS2)cn1. The largest absolute Gasteiger partial charge is 0.306 e. The molecular weight excluding hydrogens is 236 g/mol. The third-order valence-corrected chi connectivity index (χ3v) is 3.52. The topological polar surface area (TPSA) is 24.9 Å². The minimum Gasteiger partial charge on any atom is -0.306 e. The summed E-state index contributed by atoms with van der Waals surface area (Å²) in [5.74, 6) is 1.06. The van der Waals surface area contributed by atoms with Crippen LogP contribution in [0, 0.1) is 0 Å². The summed E-state index contributed by atoms with van der Waals surface area (Å²) in [5, 5.41) is 3.90. The molecule has 0 bridgehead atoms. The number of hydrogen-bond donors (Lipinski definition) is 1. The molecule has 64 valence electrons. The Morgan fingerprint density at radius 3 is 3.08 bits per heavy atom. The molecule has 0 spiro atoms. The van der Waals surface area contributed by atoms with Gasteiger partial charge in [-0.05, 0) is 27.6 Å². The van der Waals surface area contributed by atoms with Crippen molar-refractivity contribution in [3.63, 3.8) is 0 Å². The van der Waals surface area contributed by atoms with Crippen molar-refractivity contribution < 1.29 is 0 Å². The predicted molar refractivity (Wildman–Crippen MR) is 55.1 cm³/mol. The van der Waals surface area contributed by atoms with Gasteiger partial charge in [0.25, 0.3) is 0 Å². The average molecular weight is 245 g/mol. The monoisotopic (exact) mass is 244 g/mol. The second-order valence-electron chi connectivity index (χ2n) is 2.67. The first kappa shape index (κ1) is 8.53. The lowest BCUT2D eigenvalue weighted by Gasteiger charge is -2.06. The highest BCUT2D eigenvalue weighted by molar-refractivity contribution is 9.10. The van der Waals surface area contributed by atoms with Gasteiger partial charge in [0.15, 0.2) is 0 Å². The van der Waals surface area contributed by atoms with Crippen molar-refractivity contribution >= 4 is 27.7 Å². The second-order valence-corrected chi connectivity index (χ2v) is 4.67. The van der Waals surface area contributed by atoms with Crippen LogP contribution in [0.1, 0.15) is 10.8 Å². The van der Waals surface area contributed by atoms with E-state index < -0.39 is 0 Å². The molecule has 0 aliphatic carbocycles. The highest BCUT2D eigenvalue weighted by Crippen LogP contribution is 2.31. The number of nitrogens with zero attached hydrogens (tertiary/aromatic N) is 1. The second kappa shape index (κ2) is 3.77. The van der Waals surface area contributed by atoms with E-state index in [4.69, 9.17) is 0 Å². The first-order chi connectivity index (χ1) is 5.86. The van der Waals surface area contributed by atoms with Crippen molar-refractivity contribution in [2.45, 2.75) is 5.25 Å². The Labute approximate surface area is 84.3 Å². The first-order valence-corrected chi connectivity index (χ1v) is 5.64. The molecule has 0 amide bonds. The van der Waals surface area contributed by atoms with Crippen molar-refractivity contribution in [1.82, 2.24) is 10.3 Å². The van der Waals surface area contributed by atoms with Gasteiger partial charge in [-0.2, -0.15) is 0 Å². The van der Waals surface area contributed by atoms with Gasteiger partial charge < -0.3 is 5.32 Å². The Morgan fingerprint density at radius 1 is 1.58 bits per heavy atom. The highest BCUT2D eigenvalue weighted by Gasteiger charge is 2.16. The third-order valence-electron chi connectivity index (χ3n) is 1.84. The summed E-state index contributed by atoms with van der Waals surface area (Å²) in [6.07, 6.45) is 1.94. The fourth-order valence-corrected chi connectivity index (χ4v) is 2.44. The molecular formula is C8H9BrN2S. The highest BCUT2D eigenvalue weighted by atomic mass is 79.9. The summed E-state index contributed by atoms with van der Waals surface area (Å²) in [6.45, 7) is 1.06. The molecule has 2 nitrogen and oxygen atoms in total. The van der Waals surface area contributed by atoms with Gasteiger partial charge in [0.2, 0.25) is 0 Å². The van der Waals surface area contributed by atoms with E-state index in [2.05, 4.69) is 32.3 Å². The molecule has 1 aliphatic heterocycles. The average Bonchev–Trinajstić information content (AvgIpc) is 2.58. The molecule has 0 aromatic carbocycles. The van der Waals surface area contributed by atoms with Crippen molar-refractivity contribution in [2.75, 3.05) is 12.4 Å². The van der Waals surface area contributed by atoms with Gasteiger partial charge in [-0.3, -0.25) is 0 Å². The van der Waals surface area contributed by atoms with Gasteiger partial charge in [-0.25, -0.2) is 4.98 Å². The number of pyridine rings is 1. The van der Waals surface area contributed by atoms with Gasteiger partial charge in [0.05, 0.1) is 0 Å². The van der Waals surface area contributed by atoms with Crippen LogP contribution >= 0.6 is 27.7 Å². The van der Waals surface area contributed by atoms with Crippen molar-refractivity contribution in [1.29, 1.82) is 0 Å². The smallest absolute Gasteiger partial charge is 0.106 e. The molecule has 0 radical (unpaired) electrons. The zero-order valence-corrected chi connectivity index (χ0v) is 8.86. The molecule has 4 heteroatoms. The summed E-state index contributed by atoms with van der Waals surface area (Å²) in [6, 6.07) is 4.12. The lowest BCUT2D eigenvalue weighted by atomic mass is 10.2. The quantitative estimate of drug-likeness (QED) is 0.767. The molecule has 1 fully saturated rings. The van der Waals surface area contributed by atoms with Crippen LogP contribution in [-0.4, -0.2) is 17.4 Å². The molecule has 1 unspecified atom stereocenters. The summed E-state index contributed by atoms with van der Waals surface area (Å²) < 4.78 is 0.905. The van der Waals surface area contributed by atoms with Crippen molar-refractivity contribution in [2.24, 2.45) is 0 Å². The van der Waals surface area contributed by atoms with Gasteiger partial charge in [-0.1, -0.05) is 6.07 Å². The molecule has 1 atom stereocenters. The van der Waals surface area contributed by atoms with Crippen LogP contribution in [0.4, 0.5) is 0 Å². The molecule has 12 heavy (non-hydrogen) atoms. The van der Waals surface area contributed by atoms with Gasteiger partial charge in [0, 0.05) is 23.9 Å². The number of thioether (sulfide) groups is 1. The molecule has 1 aromatic heterocycles. The summed E-state index contributed by atoms with van der Waals surface area (Å²) in [5.41, 5.74) is 1.31. The number of halogens is 1. The molecule has 1 aliphatic rings. The number of rotatable bonds is 1. The van der Waals surface area contributed by atoms with Crippen LogP contribution in [0.5, 0.6) is 0 Å². The minimum absolute atomic E-state index is 0.589. The first-order valence-electron chi connectivity index (χ1n) is 3.80. The van der Waals surface area contributed by atoms with E-state index >= 15 is 0 Å². The Hall–Kier alpha value is -0.0600. The zero-order valence-electron chi connectivity index (χ0n) is 6.46. The van der Waals surface area contributed by atoms with Gasteiger partial charge in [0.1, 0.15) is 4.60 Å². The maximum Gasteiger partial charge on any atom is 0.106 e. The molecule has 1 aromatic rings. The van der Waals surface area contributed by atoms with Gasteiger partial charge in [-0.15, -0.1) is 11.8 Å². The Balaban J connectivity index is 2.17. The fraction of sp³-hybridized carbons (Fsp3) is 0.375. The maximum absolute atomic E-state index is 4.20. The maximum atomic E-state index is 4.20. The summed E-state index contributed by atoms with van der Waals surface area (Å²) in [4.78, 5) is 4.20. The van der Waals surface area contributed by atoms with E-state index in [1.165, 1.54) is 5.56 Å². The summed E-state index contributed by atoms with van der Waals surface area (Å²) in [7, 11) is 0. The molecule has 1 saturated heterocycles. The standard InChI is InChI=1S/C8H9BrN2S/c9-8-2-1-6(3-11-8)7-4-10-5-12-7/h1-3,7,10H,4-5H2. The van der Waals surface area contributed by atoms with Crippen LogP contribution < -0.4 is 5.32 Å². The van der Waals surface area contributed by atoms with Crippen LogP contribution in [0.3, 0.4) is 0 Å². The minimum atomic E-state index is 0.589. The van der Waals surface area contributed by atoms with Crippen molar-refractivity contribution in [3.8, 4) is 0 Å². The third kappa shape index (κ3) is 1.81. The van der Waals surface area contributed by atoms with Crippen LogP contribution in [-0.2, 0) is 0 Å². The molecule has 2 heterocycles. The molecule has 1 N–H and O–H groups in total. The normalized spacial score (nSPS) is 22.9. The van der Waals surface area contributed by atoms with E-state index in [9.17, 15) is 0 Å². The van der Waals surface area contributed by atoms with Crippen LogP contribution in [0.15, 0.2) is 22.9 Å². The number of aromatic nitrogens is 1. The fourth-order valence-electron chi connectivity index (χ4n) is 1.20. The van der Waals surface area contributed by atoms with E-state index in [0.717, 1.165) is 17.0 Å². The van der Waals surface area contributed by atoms with Gasteiger partial charge >= 0.3 is 0 Å². The Morgan fingerprint density at radius 2 is 2.50 bits per heavy atom.